The van der Waals surface area contributed by atoms with Crippen molar-refractivity contribution in [3.8, 4) is 0 Å². The van der Waals surface area contributed by atoms with Crippen LogP contribution in [0.15, 0.2) is 0 Å². The molecule has 98 valence electrons. The van der Waals surface area contributed by atoms with Crippen molar-refractivity contribution in [3.63, 3.8) is 0 Å². The van der Waals surface area contributed by atoms with Crippen molar-refractivity contribution >= 4 is 15.8 Å². The van der Waals surface area contributed by atoms with Crippen LogP contribution >= 0.6 is 0 Å². The quantitative estimate of drug-likeness (QED) is 0.855. The maximum Gasteiger partial charge on any atom is 0.224 e. The van der Waals surface area contributed by atoms with Gasteiger partial charge in [0.1, 0.15) is 4.75 Å². The smallest absolute Gasteiger partial charge is 0.224 e. The first kappa shape index (κ1) is 14.0. The molecule has 7 heteroatoms. The van der Waals surface area contributed by atoms with Crippen molar-refractivity contribution in [2.45, 2.75) is 39.0 Å². The summed E-state index contributed by atoms with van der Waals surface area (Å²) in [5.74, 6) is 1.08. The van der Waals surface area contributed by atoms with E-state index in [4.69, 9.17) is 0 Å². The number of rotatable bonds is 5. The molecule has 0 fully saturated rings. The summed E-state index contributed by atoms with van der Waals surface area (Å²) in [6.07, 6.45) is 1.22. The Morgan fingerprint density at radius 1 is 1.29 bits per heavy atom. The normalized spacial score (nSPS) is 12.8. The maximum atomic E-state index is 11.8. The van der Waals surface area contributed by atoms with E-state index in [0.717, 1.165) is 6.54 Å². The van der Waals surface area contributed by atoms with Gasteiger partial charge in [-0.3, -0.25) is 4.57 Å². The second kappa shape index (κ2) is 4.64. The third-order valence-electron chi connectivity index (χ3n) is 2.87. The molecule has 0 atom stereocenters. The highest BCUT2D eigenvalue weighted by atomic mass is 32.2. The van der Waals surface area contributed by atoms with Gasteiger partial charge in [0, 0.05) is 19.3 Å². The molecule has 17 heavy (non-hydrogen) atoms. The van der Waals surface area contributed by atoms with Crippen molar-refractivity contribution in [3.05, 3.63) is 5.82 Å². The van der Waals surface area contributed by atoms with Gasteiger partial charge in [0.05, 0.1) is 0 Å². The van der Waals surface area contributed by atoms with E-state index < -0.39 is 14.6 Å². The number of hydrogen-bond donors (Lipinski definition) is 1. The highest BCUT2D eigenvalue weighted by molar-refractivity contribution is 7.91. The van der Waals surface area contributed by atoms with Crippen LogP contribution < -0.4 is 5.32 Å². The van der Waals surface area contributed by atoms with Gasteiger partial charge in [-0.05, 0) is 27.7 Å². The van der Waals surface area contributed by atoms with E-state index in [9.17, 15) is 8.42 Å². The zero-order chi connectivity index (χ0) is 13.3. The van der Waals surface area contributed by atoms with E-state index in [2.05, 4.69) is 15.5 Å². The van der Waals surface area contributed by atoms with Crippen LogP contribution in [0.5, 0.6) is 0 Å². The van der Waals surface area contributed by atoms with Crippen molar-refractivity contribution in [2.24, 2.45) is 0 Å². The zero-order valence-corrected chi connectivity index (χ0v) is 11.8. The number of nitrogens with one attached hydrogen (secondary N) is 1. The molecule has 0 saturated carbocycles. The van der Waals surface area contributed by atoms with Gasteiger partial charge >= 0.3 is 0 Å². The summed E-state index contributed by atoms with van der Waals surface area (Å²) in [4.78, 5) is 0. The molecule has 0 aliphatic rings. The summed E-state index contributed by atoms with van der Waals surface area (Å²) in [5, 5.41) is 11.1. The maximum absolute atomic E-state index is 11.8. The fourth-order valence-corrected chi connectivity index (χ4v) is 1.99. The lowest BCUT2D eigenvalue weighted by atomic mass is 10.2. The molecule has 6 nitrogen and oxygen atoms in total. The fourth-order valence-electron chi connectivity index (χ4n) is 1.50. The molecule has 0 spiro atoms. The van der Waals surface area contributed by atoms with Crippen LogP contribution in [0, 0.1) is 0 Å². The second-order valence-electron chi connectivity index (χ2n) is 4.40. The van der Waals surface area contributed by atoms with E-state index in [-0.39, 0.29) is 0 Å². The highest BCUT2D eigenvalue weighted by Crippen LogP contribution is 2.28. The van der Waals surface area contributed by atoms with Gasteiger partial charge in [-0.25, -0.2) is 8.42 Å². The molecule has 0 bridgehead atoms. The first-order chi connectivity index (χ1) is 7.75. The first-order valence-corrected chi connectivity index (χ1v) is 7.52. The van der Waals surface area contributed by atoms with Crippen LogP contribution in [0.3, 0.4) is 0 Å². The minimum absolute atomic E-state index is 0.471. The Morgan fingerprint density at radius 3 is 2.29 bits per heavy atom. The minimum Gasteiger partial charge on any atom is -0.355 e. The summed E-state index contributed by atoms with van der Waals surface area (Å²) >= 11 is 0. The fraction of sp³-hybridized carbons (Fsp3) is 0.800. The van der Waals surface area contributed by atoms with Crippen LogP contribution in [0.1, 0.15) is 33.5 Å². The molecule has 1 rings (SSSR count). The van der Waals surface area contributed by atoms with Crippen molar-refractivity contribution in [1.82, 2.24) is 14.8 Å². The largest absolute Gasteiger partial charge is 0.355 e. The monoisotopic (exact) mass is 260 g/mol. The summed E-state index contributed by atoms with van der Waals surface area (Å²) < 4.78 is 24.3. The number of aromatic nitrogens is 3. The number of sulfone groups is 1. The topological polar surface area (TPSA) is 76.9 Å². The van der Waals surface area contributed by atoms with Gasteiger partial charge in [0.2, 0.25) is 5.95 Å². The van der Waals surface area contributed by atoms with Crippen LogP contribution in [-0.2, 0) is 21.1 Å². The van der Waals surface area contributed by atoms with E-state index in [1.165, 1.54) is 6.26 Å². The van der Waals surface area contributed by atoms with Crippen molar-refractivity contribution < 1.29 is 8.42 Å². The third-order valence-corrected chi connectivity index (χ3v) is 4.90. The van der Waals surface area contributed by atoms with Crippen LogP contribution in [0.2, 0.25) is 0 Å². The van der Waals surface area contributed by atoms with Gasteiger partial charge in [-0.2, -0.15) is 0 Å². The predicted octanol–water partition coefficient (Wildman–Crippen LogP) is 1.01. The number of hydrogen-bond acceptors (Lipinski definition) is 5. The molecule has 0 unspecified atom stereocenters. The Balaban J connectivity index is 3.33. The van der Waals surface area contributed by atoms with Gasteiger partial charge in [-0.15, -0.1) is 10.2 Å². The third kappa shape index (κ3) is 2.43. The van der Waals surface area contributed by atoms with Gasteiger partial charge in [-0.1, -0.05) is 0 Å². The average Bonchev–Trinajstić information content (AvgIpc) is 2.60. The molecule has 0 aliphatic heterocycles. The molecular weight excluding hydrogens is 240 g/mol. The minimum atomic E-state index is -3.24. The molecule has 0 radical (unpaired) electrons. The lowest BCUT2D eigenvalue weighted by Crippen LogP contribution is -2.32. The van der Waals surface area contributed by atoms with Gasteiger partial charge in [0.25, 0.3) is 0 Å². The molecule has 0 aromatic carbocycles. The molecule has 1 heterocycles. The number of nitrogens with zero attached hydrogens (tertiary/aromatic N) is 3. The Kier molecular flexibility index (Phi) is 3.81. The van der Waals surface area contributed by atoms with Crippen LogP contribution in [0.25, 0.3) is 0 Å². The summed E-state index contributed by atoms with van der Waals surface area (Å²) in [7, 11) is -3.24. The lowest BCUT2D eigenvalue weighted by Gasteiger charge is -2.22. The van der Waals surface area contributed by atoms with E-state index in [1.54, 1.807) is 18.4 Å². The zero-order valence-electron chi connectivity index (χ0n) is 11.0. The Labute approximate surface area is 102 Å². The van der Waals surface area contributed by atoms with Gasteiger partial charge in [0.15, 0.2) is 15.7 Å². The SMILES string of the molecule is CCNc1nnc(C(C)(C)S(C)(=O)=O)n1CC. The molecule has 1 aromatic heterocycles. The Hall–Kier alpha value is -1.11. The molecule has 1 N–H and O–H groups in total. The first-order valence-electron chi connectivity index (χ1n) is 5.62. The van der Waals surface area contributed by atoms with E-state index >= 15 is 0 Å². The van der Waals surface area contributed by atoms with Gasteiger partial charge < -0.3 is 5.32 Å². The average molecular weight is 260 g/mol. The van der Waals surface area contributed by atoms with Crippen LogP contribution in [-0.4, -0.2) is 36.0 Å². The van der Waals surface area contributed by atoms with Crippen molar-refractivity contribution in [2.75, 3.05) is 18.1 Å². The summed E-state index contributed by atoms with van der Waals surface area (Å²) in [6.45, 7) is 8.53. The standard InChI is InChI=1S/C10H20N4O2S/c1-6-11-9-13-12-8(14(9)7-2)10(3,4)17(5,15)16/h6-7H2,1-5H3,(H,11,13). The molecular formula is C10H20N4O2S. The molecule has 0 aliphatic carbocycles. The summed E-state index contributed by atoms with van der Waals surface area (Å²) in [5.41, 5.74) is 0. The predicted molar refractivity (Wildman–Crippen MR) is 67.7 cm³/mol. The summed E-state index contributed by atoms with van der Waals surface area (Å²) in [6, 6.07) is 0. The molecule has 1 aromatic rings. The Morgan fingerprint density at radius 2 is 1.88 bits per heavy atom. The lowest BCUT2D eigenvalue weighted by molar-refractivity contribution is 0.533. The highest BCUT2D eigenvalue weighted by Gasteiger charge is 2.37. The second-order valence-corrected chi connectivity index (χ2v) is 6.97. The van der Waals surface area contributed by atoms with Crippen LogP contribution in [0.4, 0.5) is 5.95 Å². The van der Waals surface area contributed by atoms with E-state index in [1.807, 2.05) is 13.8 Å². The molecule has 0 saturated heterocycles. The van der Waals surface area contributed by atoms with E-state index in [0.29, 0.717) is 18.3 Å². The Bertz CT molecular complexity index is 490. The van der Waals surface area contributed by atoms with Crippen molar-refractivity contribution in [1.29, 1.82) is 0 Å². The number of anilines is 1. The molecule has 0 amide bonds.